The van der Waals surface area contributed by atoms with E-state index in [1.807, 2.05) is 0 Å². The Morgan fingerprint density at radius 3 is 3.00 bits per heavy atom. The lowest BCUT2D eigenvalue weighted by molar-refractivity contribution is 0.626. The van der Waals surface area contributed by atoms with E-state index in [1.54, 1.807) is 23.0 Å². The number of halogens is 3. The standard InChI is InChI=1S/C12H10BrClFN3/c1-2-3-16-12-17-4-5-18(12)11-9(13)6-8(15)7-10(11)14/h2,4-7H,1,3H2,(H,16,17). The van der Waals surface area contributed by atoms with Crippen molar-refractivity contribution in [1.82, 2.24) is 9.55 Å². The van der Waals surface area contributed by atoms with E-state index in [0.717, 1.165) is 0 Å². The van der Waals surface area contributed by atoms with Crippen LogP contribution in [0.5, 0.6) is 0 Å². The molecule has 0 spiro atoms. The zero-order valence-electron chi connectivity index (χ0n) is 9.33. The Morgan fingerprint density at radius 1 is 1.56 bits per heavy atom. The number of nitrogens with one attached hydrogen (secondary N) is 1. The van der Waals surface area contributed by atoms with Crippen LogP contribution < -0.4 is 5.32 Å². The maximum atomic E-state index is 13.2. The maximum absolute atomic E-state index is 13.2. The van der Waals surface area contributed by atoms with Gasteiger partial charge >= 0.3 is 0 Å². The molecule has 0 atom stereocenters. The lowest BCUT2D eigenvalue weighted by atomic mass is 10.3. The minimum atomic E-state index is -0.392. The van der Waals surface area contributed by atoms with Crippen LogP contribution in [-0.4, -0.2) is 16.1 Å². The molecule has 1 aromatic heterocycles. The van der Waals surface area contributed by atoms with Crippen LogP contribution in [0.4, 0.5) is 10.3 Å². The fourth-order valence-corrected chi connectivity index (χ4v) is 2.58. The van der Waals surface area contributed by atoms with Crippen molar-refractivity contribution in [2.75, 3.05) is 11.9 Å². The average Bonchev–Trinajstić information content (AvgIpc) is 2.73. The van der Waals surface area contributed by atoms with Gasteiger partial charge < -0.3 is 5.32 Å². The van der Waals surface area contributed by atoms with E-state index >= 15 is 0 Å². The summed E-state index contributed by atoms with van der Waals surface area (Å²) >= 11 is 9.37. The van der Waals surface area contributed by atoms with Gasteiger partial charge in [0.15, 0.2) is 0 Å². The molecule has 1 N–H and O–H groups in total. The molecule has 18 heavy (non-hydrogen) atoms. The topological polar surface area (TPSA) is 29.9 Å². The fourth-order valence-electron chi connectivity index (χ4n) is 1.54. The Bertz CT molecular complexity index is 559. The molecule has 0 amide bonds. The summed E-state index contributed by atoms with van der Waals surface area (Å²) in [6.45, 7) is 4.20. The third-order valence-corrected chi connectivity index (χ3v) is 3.16. The number of aromatic nitrogens is 2. The number of rotatable bonds is 4. The zero-order chi connectivity index (χ0) is 13.1. The first-order chi connectivity index (χ1) is 8.63. The van der Waals surface area contributed by atoms with Crippen LogP contribution in [0, 0.1) is 5.82 Å². The minimum absolute atomic E-state index is 0.307. The minimum Gasteiger partial charge on any atom is -0.352 e. The van der Waals surface area contributed by atoms with Crippen molar-refractivity contribution in [3.8, 4) is 5.69 Å². The van der Waals surface area contributed by atoms with Gasteiger partial charge in [-0.25, -0.2) is 9.37 Å². The molecule has 0 aliphatic heterocycles. The first-order valence-electron chi connectivity index (χ1n) is 5.16. The monoisotopic (exact) mass is 329 g/mol. The molecule has 94 valence electrons. The summed E-state index contributed by atoms with van der Waals surface area (Å²) in [5.41, 5.74) is 0.641. The highest BCUT2D eigenvalue weighted by atomic mass is 79.9. The van der Waals surface area contributed by atoms with Gasteiger partial charge in [0.25, 0.3) is 0 Å². The van der Waals surface area contributed by atoms with Gasteiger partial charge in [-0.05, 0) is 28.1 Å². The smallest absolute Gasteiger partial charge is 0.207 e. The quantitative estimate of drug-likeness (QED) is 0.858. The van der Waals surface area contributed by atoms with Crippen LogP contribution in [0.3, 0.4) is 0 Å². The molecule has 0 saturated heterocycles. The number of anilines is 1. The van der Waals surface area contributed by atoms with Gasteiger partial charge in [0.1, 0.15) is 5.82 Å². The predicted octanol–water partition coefficient (Wildman–Crippen LogP) is 4.03. The van der Waals surface area contributed by atoms with E-state index in [9.17, 15) is 4.39 Å². The van der Waals surface area contributed by atoms with Crippen LogP contribution in [0.25, 0.3) is 5.69 Å². The van der Waals surface area contributed by atoms with Gasteiger partial charge in [0.2, 0.25) is 5.95 Å². The SMILES string of the molecule is C=CCNc1nccn1-c1c(Cl)cc(F)cc1Br. The lowest BCUT2D eigenvalue weighted by Gasteiger charge is -2.12. The summed E-state index contributed by atoms with van der Waals surface area (Å²) < 4.78 is 15.5. The van der Waals surface area contributed by atoms with Gasteiger partial charge in [0.05, 0.1) is 10.7 Å². The Morgan fingerprint density at radius 2 is 2.33 bits per heavy atom. The van der Waals surface area contributed by atoms with Crippen LogP contribution in [0.15, 0.2) is 41.7 Å². The van der Waals surface area contributed by atoms with E-state index in [2.05, 4.69) is 32.8 Å². The molecule has 2 rings (SSSR count). The molecular weight excluding hydrogens is 321 g/mol. The number of imidazole rings is 1. The molecule has 1 aromatic carbocycles. The molecule has 3 nitrogen and oxygen atoms in total. The molecule has 2 aromatic rings. The molecule has 0 unspecified atom stereocenters. The van der Waals surface area contributed by atoms with Gasteiger partial charge in [-0.15, -0.1) is 6.58 Å². The van der Waals surface area contributed by atoms with Crippen molar-refractivity contribution in [1.29, 1.82) is 0 Å². The first kappa shape index (κ1) is 13.1. The molecule has 0 aliphatic rings. The Balaban J connectivity index is 2.49. The molecule has 0 fully saturated rings. The highest BCUT2D eigenvalue weighted by molar-refractivity contribution is 9.10. The number of hydrogen-bond donors (Lipinski definition) is 1. The van der Waals surface area contributed by atoms with Crippen LogP contribution in [0.2, 0.25) is 5.02 Å². The maximum Gasteiger partial charge on any atom is 0.207 e. The normalized spacial score (nSPS) is 10.4. The largest absolute Gasteiger partial charge is 0.352 e. The molecule has 6 heteroatoms. The predicted molar refractivity (Wildman–Crippen MR) is 74.9 cm³/mol. The van der Waals surface area contributed by atoms with Crippen LogP contribution in [-0.2, 0) is 0 Å². The van der Waals surface area contributed by atoms with E-state index < -0.39 is 5.82 Å². The summed E-state index contributed by atoms with van der Waals surface area (Å²) in [5.74, 6) is 0.223. The molecule has 0 bridgehead atoms. The van der Waals surface area contributed by atoms with Gasteiger partial charge in [0, 0.05) is 23.4 Å². The number of hydrogen-bond acceptors (Lipinski definition) is 2. The average molecular weight is 331 g/mol. The van der Waals surface area contributed by atoms with E-state index in [-0.39, 0.29) is 0 Å². The molecule has 0 aliphatic carbocycles. The molecular formula is C12H10BrClFN3. The summed E-state index contributed by atoms with van der Waals surface area (Å²) in [4.78, 5) is 4.17. The zero-order valence-corrected chi connectivity index (χ0v) is 11.7. The third kappa shape index (κ3) is 2.57. The van der Waals surface area contributed by atoms with Crippen molar-refractivity contribution >= 4 is 33.5 Å². The molecule has 1 heterocycles. The third-order valence-electron chi connectivity index (χ3n) is 2.27. The summed E-state index contributed by atoms with van der Waals surface area (Å²) in [6, 6.07) is 2.62. The van der Waals surface area contributed by atoms with Crippen molar-refractivity contribution < 1.29 is 4.39 Å². The molecule has 0 saturated carbocycles. The second kappa shape index (κ2) is 5.54. The molecule has 0 radical (unpaired) electrons. The first-order valence-corrected chi connectivity index (χ1v) is 6.33. The van der Waals surface area contributed by atoms with Crippen molar-refractivity contribution in [2.24, 2.45) is 0 Å². The van der Waals surface area contributed by atoms with Crippen LogP contribution >= 0.6 is 27.5 Å². The number of benzene rings is 1. The van der Waals surface area contributed by atoms with E-state index in [0.29, 0.717) is 27.7 Å². The van der Waals surface area contributed by atoms with Gasteiger partial charge in [-0.1, -0.05) is 17.7 Å². The lowest BCUT2D eigenvalue weighted by Crippen LogP contribution is -2.06. The van der Waals surface area contributed by atoms with Crippen molar-refractivity contribution in [3.63, 3.8) is 0 Å². The van der Waals surface area contributed by atoms with Gasteiger partial charge in [-0.3, -0.25) is 4.57 Å². The second-order valence-corrected chi connectivity index (χ2v) is 4.77. The van der Waals surface area contributed by atoms with E-state index in [4.69, 9.17) is 11.6 Å². The highest BCUT2D eigenvalue weighted by Crippen LogP contribution is 2.31. The Hall–Kier alpha value is -1.33. The van der Waals surface area contributed by atoms with E-state index in [1.165, 1.54) is 12.1 Å². The Kier molecular flexibility index (Phi) is 4.04. The summed E-state index contributed by atoms with van der Waals surface area (Å²) in [7, 11) is 0. The fraction of sp³-hybridized carbons (Fsp3) is 0.0833. The van der Waals surface area contributed by atoms with Crippen LogP contribution in [0.1, 0.15) is 0 Å². The van der Waals surface area contributed by atoms with Crippen molar-refractivity contribution in [3.05, 3.63) is 52.5 Å². The Labute approximate surface area is 117 Å². The van der Waals surface area contributed by atoms with Gasteiger partial charge in [-0.2, -0.15) is 0 Å². The summed E-state index contributed by atoms with van der Waals surface area (Å²) in [5, 5.41) is 3.38. The highest BCUT2D eigenvalue weighted by Gasteiger charge is 2.13. The summed E-state index contributed by atoms with van der Waals surface area (Å²) in [6.07, 6.45) is 5.10. The second-order valence-electron chi connectivity index (χ2n) is 3.51. The van der Waals surface area contributed by atoms with Crippen molar-refractivity contribution in [2.45, 2.75) is 0 Å². The number of nitrogens with zero attached hydrogens (tertiary/aromatic N) is 2.